The fourth-order valence-corrected chi connectivity index (χ4v) is 2.01. The van der Waals surface area contributed by atoms with E-state index in [1.807, 2.05) is 0 Å². The van der Waals surface area contributed by atoms with Crippen LogP contribution in [0.1, 0.15) is 44.9 Å². The van der Waals surface area contributed by atoms with Crippen molar-refractivity contribution in [3.8, 4) is 12.3 Å². The molecule has 1 saturated carbocycles. The van der Waals surface area contributed by atoms with E-state index in [-0.39, 0.29) is 5.92 Å². The zero-order chi connectivity index (χ0) is 10.4. The Balaban J connectivity index is 2.21. The number of ketones is 1. The molecule has 1 rings (SSSR count). The molecule has 0 amide bonds. The largest absolute Gasteiger partial charge is 0.328 e. The Bertz CT molecular complexity index is 221. The smallest absolute Gasteiger partial charge is 0.136 e. The van der Waals surface area contributed by atoms with E-state index in [4.69, 9.17) is 12.2 Å². The Kier molecular flexibility index (Phi) is 4.69. The monoisotopic (exact) mass is 193 g/mol. The lowest BCUT2D eigenvalue weighted by Crippen LogP contribution is -2.29. The maximum atomic E-state index is 11.7. The van der Waals surface area contributed by atoms with Gasteiger partial charge in [-0.2, -0.15) is 0 Å². The highest BCUT2D eigenvalue weighted by Gasteiger charge is 2.23. The summed E-state index contributed by atoms with van der Waals surface area (Å²) in [6.07, 6.45) is 11.3. The summed E-state index contributed by atoms with van der Waals surface area (Å²) in [5.74, 6) is 3.23. The number of nitrogens with two attached hydrogens (primary N) is 1. The van der Waals surface area contributed by atoms with Crippen LogP contribution in [0.2, 0.25) is 0 Å². The molecule has 0 aliphatic heterocycles. The van der Waals surface area contributed by atoms with Crippen LogP contribution in [0.5, 0.6) is 0 Å². The summed E-state index contributed by atoms with van der Waals surface area (Å²) < 4.78 is 0. The molecule has 14 heavy (non-hydrogen) atoms. The highest BCUT2D eigenvalue weighted by Crippen LogP contribution is 2.25. The van der Waals surface area contributed by atoms with Gasteiger partial charge in [-0.3, -0.25) is 4.79 Å². The number of hydrogen-bond donors (Lipinski definition) is 1. The Labute approximate surface area is 86.2 Å². The van der Waals surface area contributed by atoms with Crippen LogP contribution in [0.4, 0.5) is 0 Å². The van der Waals surface area contributed by atoms with Crippen LogP contribution >= 0.6 is 0 Å². The second-order valence-electron chi connectivity index (χ2n) is 4.14. The predicted molar refractivity (Wildman–Crippen MR) is 57.6 cm³/mol. The summed E-state index contributed by atoms with van der Waals surface area (Å²) in [6.45, 7) is 0. The van der Waals surface area contributed by atoms with E-state index in [1.54, 1.807) is 0 Å². The Morgan fingerprint density at radius 3 is 2.57 bits per heavy atom. The van der Waals surface area contributed by atoms with E-state index in [0.717, 1.165) is 38.5 Å². The van der Waals surface area contributed by atoms with Crippen molar-refractivity contribution in [1.29, 1.82) is 0 Å². The van der Waals surface area contributed by atoms with E-state index >= 15 is 0 Å². The number of Topliss-reactive ketones (excluding diaryl/α,β-unsaturated/α-hetero) is 1. The van der Waals surface area contributed by atoms with Gasteiger partial charge >= 0.3 is 0 Å². The van der Waals surface area contributed by atoms with Crippen molar-refractivity contribution in [2.45, 2.75) is 51.0 Å². The fraction of sp³-hybridized carbons (Fsp3) is 0.750. The van der Waals surface area contributed by atoms with Crippen LogP contribution in [0.25, 0.3) is 0 Å². The molecule has 1 aliphatic rings. The number of terminal acetylenes is 1. The second-order valence-corrected chi connectivity index (χ2v) is 4.14. The number of hydrogen-bond acceptors (Lipinski definition) is 2. The zero-order valence-electron chi connectivity index (χ0n) is 8.67. The standard InChI is InChI=1S/C12H19NO/c1-2-3-4-5-12(14)10-6-8-11(13)9-7-10/h1,10-11H,3-9,13H2. The molecule has 0 unspecified atom stereocenters. The van der Waals surface area contributed by atoms with Gasteiger partial charge in [-0.15, -0.1) is 12.3 Å². The Hall–Kier alpha value is -0.810. The molecule has 2 heteroatoms. The average Bonchev–Trinajstić information content (AvgIpc) is 2.19. The summed E-state index contributed by atoms with van der Waals surface area (Å²) in [7, 11) is 0. The normalized spacial score (nSPS) is 26.9. The molecule has 0 atom stereocenters. The quantitative estimate of drug-likeness (QED) is 0.547. The summed E-state index contributed by atoms with van der Waals surface area (Å²) in [5.41, 5.74) is 5.78. The third-order valence-corrected chi connectivity index (χ3v) is 2.97. The minimum Gasteiger partial charge on any atom is -0.328 e. The summed E-state index contributed by atoms with van der Waals surface area (Å²) in [6, 6.07) is 0.324. The van der Waals surface area contributed by atoms with Gasteiger partial charge in [0.25, 0.3) is 0 Å². The van der Waals surface area contributed by atoms with Gasteiger partial charge in [-0.05, 0) is 32.1 Å². The van der Waals surface area contributed by atoms with Gasteiger partial charge in [-0.1, -0.05) is 0 Å². The van der Waals surface area contributed by atoms with E-state index < -0.39 is 0 Å². The third-order valence-electron chi connectivity index (χ3n) is 2.97. The van der Waals surface area contributed by atoms with Gasteiger partial charge in [0.15, 0.2) is 0 Å². The van der Waals surface area contributed by atoms with Crippen molar-refractivity contribution in [3.63, 3.8) is 0 Å². The molecule has 2 nitrogen and oxygen atoms in total. The molecule has 0 bridgehead atoms. The van der Waals surface area contributed by atoms with Gasteiger partial charge in [0.05, 0.1) is 0 Å². The molecule has 0 aromatic carbocycles. The maximum absolute atomic E-state index is 11.7. The van der Waals surface area contributed by atoms with Crippen molar-refractivity contribution >= 4 is 5.78 Å². The number of carbonyl (C=O) groups excluding carboxylic acids is 1. The topological polar surface area (TPSA) is 43.1 Å². The minimum atomic E-state index is 0.271. The van der Waals surface area contributed by atoms with Crippen LogP contribution in [-0.2, 0) is 4.79 Å². The lowest BCUT2D eigenvalue weighted by atomic mass is 9.82. The molecule has 0 radical (unpaired) electrons. The third kappa shape index (κ3) is 3.51. The molecule has 0 spiro atoms. The van der Waals surface area contributed by atoms with Crippen LogP contribution in [0.15, 0.2) is 0 Å². The van der Waals surface area contributed by atoms with Crippen LogP contribution in [0.3, 0.4) is 0 Å². The van der Waals surface area contributed by atoms with Crippen molar-refractivity contribution in [2.24, 2.45) is 11.7 Å². The molecule has 2 N–H and O–H groups in total. The van der Waals surface area contributed by atoms with Crippen LogP contribution in [0, 0.1) is 18.3 Å². The van der Waals surface area contributed by atoms with Gasteiger partial charge < -0.3 is 5.73 Å². The Morgan fingerprint density at radius 1 is 1.36 bits per heavy atom. The second kappa shape index (κ2) is 5.82. The lowest BCUT2D eigenvalue weighted by Gasteiger charge is -2.24. The molecular weight excluding hydrogens is 174 g/mol. The lowest BCUT2D eigenvalue weighted by molar-refractivity contribution is -0.123. The first-order valence-electron chi connectivity index (χ1n) is 5.45. The molecule has 78 valence electrons. The molecule has 0 aromatic rings. The van der Waals surface area contributed by atoms with Gasteiger partial charge in [0.2, 0.25) is 0 Å². The predicted octanol–water partition coefficient (Wildman–Crippen LogP) is 1.88. The highest BCUT2D eigenvalue weighted by atomic mass is 16.1. The molecule has 1 fully saturated rings. The maximum Gasteiger partial charge on any atom is 0.136 e. The summed E-state index contributed by atoms with van der Waals surface area (Å²) in [5, 5.41) is 0. The average molecular weight is 193 g/mol. The molecular formula is C12H19NO. The van der Waals surface area contributed by atoms with Gasteiger partial charge in [0.1, 0.15) is 5.78 Å². The molecule has 0 saturated heterocycles. The van der Waals surface area contributed by atoms with Gasteiger partial charge in [0, 0.05) is 24.8 Å². The minimum absolute atomic E-state index is 0.271. The first-order valence-corrected chi connectivity index (χ1v) is 5.45. The van der Waals surface area contributed by atoms with Crippen molar-refractivity contribution < 1.29 is 4.79 Å². The fourth-order valence-electron chi connectivity index (χ4n) is 2.01. The summed E-state index contributed by atoms with van der Waals surface area (Å²) >= 11 is 0. The molecule has 0 aromatic heterocycles. The van der Waals surface area contributed by atoms with E-state index in [0.29, 0.717) is 18.2 Å². The van der Waals surface area contributed by atoms with Crippen LogP contribution in [-0.4, -0.2) is 11.8 Å². The number of carbonyl (C=O) groups is 1. The van der Waals surface area contributed by atoms with E-state index in [9.17, 15) is 4.79 Å². The van der Waals surface area contributed by atoms with E-state index in [2.05, 4.69) is 5.92 Å². The van der Waals surface area contributed by atoms with Gasteiger partial charge in [-0.25, -0.2) is 0 Å². The first kappa shape index (κ1) is 11.3. The highest BCUT2D eigenvalue weighted by molar-refractivity contribution is 5.81. The summed E-state index contributed by atoms with van der Waals surface area (Å²) in [4.78, 5) is 11.7. The number of unbranched alkanes of at least 4 members (excludes halogenated alkanes) is 1. The van der Waals surface area contributed by atoms with Crippen LogP contribution < -0.4 is 5.73 Å². The Morgan fingerprint density at radius 2 is 2.00 bits per heavy atom. The molecule has 1 aliphatic carbocycles. The first-order chi connectivity index (χ1) is 6.74. The van der Waals surface area contributed by atoms with Crippen molar-refractivity contribution in [3.05, 3.63) is 0 Å². The van der Waals surface area contributed by atoms with Crippen molar-refractivity contribution in [1.82, 2.24) is 0 Å². The molecule has 0 heterocycles. The SMILES string of the molecule is C#CCCCC(=O)C1CCC(N)CC1. The zero-order valence-corrected chi connectivity index (χ0v) is 8.67. The van der Waals surface area contributed by atoms with Crippen molar-refractivity contribution in [2.75, 3.05) is 0 Å². The number of rotatable bonds is 4. The van der Waals surface area contributed by atoms with E-state index in [1.165, 1.54) is 0 Å².